The first-order chi connectivity index (χ1) is 10.2. The van der Waals surface area contributed by atoms with Crippen LogP contribution in [0.1, 0.15) is 45.4 Å². The van der Waals surface area contributed by atoms with Crippen molar-refractivity contribution in [1.29, 1.82) is 0 Å². The van der Waals surface area contributed by atoms with Crippen LogP contribution in [0.3, 0.4) is 0 Å². The summed E-state index contributed by atoms with van der Waals surface area (Å²) in [6.07, 6.45) is 4.87. The zero-order valence-electron chi connectivity index (χ0n) is 13.6. The van der Waals surface area contributed by atoms with E-state index in [-0.39, 0.29) is 0 Å². The zero-order valence-corrected chi connectivity index (χ0v) is 13.6. The first-order valence-corrected chi connectivity index (χ1v) is 8.08. The lowest BCUT2D eigenvalue weighted by molar-refractivity contribution is 0.178. The summed E-state index contributed by atoms with van der Waals surface area (Å²) in [5.74, 6) is 3.51. The third kappa shape index (κ3) is 4.84. The Kier molecular flexibility index (Phi) is 6.23. The number of rotatable bonds is 6. The van der Waals surface area contributed by atoms with Gasteiger partial charge in [-0.1, -0.05) is 13.8 Å². The monoisotopic (exact) mass is 292 g/mol. The van der Waals surface area contributed by atoms with Gasteiger partial charge >= 0.3 is 0 Å². The van der Waals surface area contributed by atoms with Crippen molar-refractivity contribution in [3.63, 3.8) is 0 Å². The molecule has 1 aliphatic heterocycles. The van der Waals surface area contributed by atoms with Crippen molar-refractivity contribution in [3.8, 4) is 0 Å². The van der Waals surface area contributed by atoms with Crippen molar-refractivity contribution in [2.24, 2.45) is 5.92 Å². The highest BCUT2D eigenvalue weighted by molar-refractivity contribution is 5.49. The maximum absolute atomic E-state index is 5.20. The summed E-state index contributed by atoms with van der Waals surface area (Å²) < 4.78 is 5.20. The van der Waals surface area contributed by atoms with E-state index in [0.717, 1.165) is 49.4 Å². The predicted octanol–water partition coefficient (Wildman–Crippen LogP) is 3.07. The lowest BCUT2D eigenvalue weighted by Crippen LogP contribution is -2.26. The van der Waals surface area contributed by atoms with Crippen molar-refractivity contribution in [3.05, 3.63) is 11.9 Å². The van der Waals surface area contributed by atoms with Crippen molar-refractivity contribution in [2.45, 2.75) is 46.1 Å². The predicted molar refractivity (Wildman–Crippen MR) is 86.8 cm³/mol. The molecule has 1 aromatic heterocycles. The molecule has 1 aliphatic rings. The molecular weight excluding hydrogens is 264 g/mol. The molecule has 0 saturated carbocycles. The van der Waals surface area contributed by atoms with Crippen LogP contribution in [0.25, 0.3) is 0 Å². The molecule has 5 heteroatoms. The number of hydrogen-bond acceptors (Lipinski definition) is 5. The molecule has 0 radical (unpaired) electrons. The van der Waals surface area contributed by atoms with Gasteiger partial charge in [-0.25, -0.2) is 9.97 Å². The number of anilines is 2. The molecule has 1 fully saturated rings. The molecule has 2 heterocycles. The molecule has 0 spiro atoms. The van der Waals surface area contributed by atoms with Crippen LogP contribution in [0.4, 0.5) is 11.6 Å². The smallest absolute Gasteiger partial charge is 0.158 e. The maximum Gasteiger partial charge on any atom is 0.158 e. The molecule has 0 amide bonds. The Bertz CT molecular complexity index is 438. The second kappa shape index (κ2) is 8.17. The fraction of sp³-hybridized carbons (Fsp3) is 0.750. The summed E-state index contributed by atoms with van der Waals surface area (Å²) in [7, 11) is 1.68. The molecule has 1 aromatic rings. The Labute approximate surface area is 128 Å². The highest BCUT2D eigenvalue weighted by Gasteiger charge is 2.16. The standard InChI is InChI=1S/C16H28N4O/c1-4-8-17-14-11-16(19-15(18-14)12-21-3)20-9-5-6-13(2)7-10-20/h11,13H,4-10,12H2,1-3H3,(H,17,18,19). The topological polar surface area (TPSA) is 50.3 Å². The van der Waals surface area contributed by atoms with Gasteiger partial charge in [0, 0.05) is 32.8 Å². The van der Waals surface area contributed by atoms with Gasteiger partial charge < -0.3 is 15.0 Å². The number of ether oxygens (including phenoxy) is 1. The second-order valence-corrected chi connectivity index (χ2v) is 5.91. The summed E-state index contributed by atoms with van der Waals surface area (Å²) >= 11 is 0. The van der Waals surface area contributed by atoms with E-state index in [1.807, 2.05) is 0 Å². The first kappa shape index (κ1) is 16.0. The van der Waals surface area contributed by atoms with Gasteiger partial charge in [0.05, 0.1) is 0 Å². The van der Waals surface area contributed by atoms with E-state index in [0.29, 0.717) is 6.61 Å². The number of aromatic nitrogens is 2. The van der Waals surface area contributed by atoms with Gasteiger partial charge in [0.2, 0.25) is 0 Å². The molecule has 1 atom stereocenters. The van der Waals surface area contributed by atoms with E-state index in [4.69, 9.17) is 4.74 Å². The number of hydrogen-bond donors (Lipinski definition) is 1. The third-order valence-electron chi connectivity index (χ3n) is 3.93. The SMILES string of the molecule is CCCNc1cc(N2CCCC(C)CC2)nc(COC)n1. The van der Waals surface area contributed by atoms with Crippen LogP contribution >= 0.6 is 0 Å². The molecule has 1 saturated heterocycles. The largest absolute Gasteiger partial charge is 0.377 e. The Balaban J connectivity index is 2.17. The van der Waals surface area contributed by atoms with Crippen molar-refractivity contribution in [1.82, 2.24) is 9.97 Å². The molecule has 5 nitrogen and oxygen atoms in total. The lowest BCUT2D eigenvalue weighted by atomic mass is 10.0. The molecule has 118 valence electrons. The van der Waals surface area contributed by atoms with Crippen LogP contribution in [0.15, 0.2) is 6.07 Å². The zero-order chi connectivity index (χ0) is 15.1. The molecule has 1 N–H and O–H groups in total. The van der Waals surface area contributed by atoms with Crippen molar-refractivity contribution < 1.29 is 4.74 Å². The Morgan fingerprint density at radius 1 is 1.33 bits per heavy atom. The van der Waals surface area contributed by atoms with Crippen LogP contribution in [0.5, 0.6) is 0 Å². The number of nitrogens with one attached hydrogen (secondary N) is 1. The Morgan fingerprint density at radius 3 is 2.95 bits per heavy atom. The number of methoxy groups -OCH3 is 1. The average molecular weight is 292 g/mol. The number of nitrogens with zero attached hydrogens (tertiary/aromatic N) is 3. The molecule has 2 rings (SSSR count). The minimum atomic E-state index is 0.457. The van der Waals surface area contributed by atoms with Gasteiger partial charge in [-0.2, -0.15) is 0 Å². The molecule has 0 bridgehead atoms. The highest BCUT2D eigenvalue weighted by Crippen LogP contribution is 2.23. The summed E-state index contributed by atoms with van der Waals surface area (Å²) in [4.78, 5) is 11.6. The van der Waals surface area contributed by atoms with Crippen LogP contribution in [0.2, 0.25) is 0 Å². The quantitative estimate of drug-likeness (QED) is 0.873. The summed E-state index contributed by atoms with van der Waals surface area (Å²) in [6, 6.07) is 2.07. The lowest BCUT2D eigenvalue weighted by Gasteiger charge is -2.22. The summed E-state index contributed by atoms with van der Waals surface area (Å²) in [5, 5.41) is 3.36. The fourth-order valence-electron chi connectivity index (χ4n) is 2.67. The molecular formula is C16H28N4O. The van der Waals surface area contributed by atoms with E-state index in [1.54, 1.807) is 7.11 Å². The average Bonchev–Trinajstić information content (AvgIpc) is 2.70. The highest BCUT2D eigenvalue weighted by atomic mass is 16.5. The molecule has 1 unspecified atom stereocenters. The van der Waals surface area contributed by atoms with Crippen molar-refractivity contribution in [2.75, 3.05) is 37.0 Å². The summed E-state index contributed by atoms with van der Waals surface area (Å²) in [5.41, 5.74) is 0. The first-order valence-electron chi connectivity index (χ1n) is 8.08. The third-order valence-corrected chi connectivity index (χ3v) is 3.93. The van der Waals surface area contributed by atoms with Gasteiger partial charge in [0.1, 0.15) is 18.2 Å². The van der Waals surface area contributed by atoms with E-state index in [9.17, 15) is 0 Å². The van der Waals surface area contributed by atoms with Gasteiger partial charge in [0.25, 0.3) is 0 Å². The fourth-order valence-corrected chi connectivity index (χ4v) is 2.67. The molecule has 0 aliphatic carbocycles. The summed E-state index contributed by atoms with van der Waals surface area (Å²) in [6.45, 7) is 8.05. The van der Waals surface area contributed by atoms with Gasteiger partial charge in [-0.15, -0.1) is 0 Å². The van der Waals surface area contributed by atoms with Gasteiger partial charge in [0.15, 0.2) is 5.82 Å². The van der Waals surface area contributed by atoms with Crippen LogP contribution < -0.4 is 10.2 Å². The molecule has 21 heavy (non-hydrogen) atoms. The van der Waals surface area contributed by atoms with E-state index < -0.39 is 0 Å². The molecule has 0 aromatic carbocycles. The van der Waals surface area contributed by atoms with Crippen molar-refractivity contribution >= 4 is 11.6 Å². The maximum atomic E-state index is 5.20. The van der Waals surface area contributed by atoms with E-state index in [1.165, 1.54) is 19.3 Å². The Hall–Kier alpha value is -1.36. The van der Waals surface area contributed by atoms with Crippen LogP contribution in [0, 0.1) is 5.92 Å². The van der Waals surface area contributed by atoms with Gasteiger partial charge in [-0.3, -0.25) is 0 Å². The minimum Gasteiger partial charge on any atom is -0.377 e. The Morgan fingerprint density at radius 2 is 2.19 bits per heavy atom. The second-order valence-electron chi connectivity index (χ2n) is 5.91. The van der Waals surface area contributed by atoms with Crippen LogP contribution in [-0.2, 0) is 11.3 Å². The normalized spacial score (nSPS) is 19.4. The van der Waals surface area contributed by atoms with Gasteiger partial charge in [-0.05, 0) is 31.6 Å². The van der Waals surface area contributed by atoms with Crippen LogP contribution in [-0.4, -0.2) is 36.7 Å². The van der Waals surface area contributed by atoms with E-state index in [2.05, 4.69) is 40.1 Å². The minimum absolute atomic E-state index is 0.457. The van der Waals surface area contributed by atoms with E-state index >= 15 is 0 Å².